The minimum Gasteiger partial charge on any atom is -0.350 e. The standard InChI is InChI=1S/C18H17ClN2O2S/c1-18(16(22)20-11-12-7-3-4-8-13(12)19)17(23)21(2)14-9-5-6-10-15(14)24-18/h3-10H,11H2,1-2H3,(H,20,22). The van der Waals surface area contributed by atoms with Gasteiger partial charge in [-0.3, -0.25) is 9.59 Å². The lowest BCUT2D eigenvalue weighted by Gasteiger charge is -2.37. The number of halogens is 1. The molecule has 2 aromatic carbocycles. The summed E-state index contributed by atoms with van der Waals surface area (Å²) in [7, 11) is 1.69. The van der Waals surface area contributed by atoms with E-state index in [2.05, 4.69) is 5.32 Å². The Labute approximate surface area is 150 Å². The number of para-hydroxylation sites is 1. The topological polar surface area (TPSA) is 49.4 Å². The number of amides is 2. The minimum absolute atomic E-state index is 0.233. The first-order valence-corrected chi connectivity index (χ1v) is 8.71. The van der Waals surface area contributed by atoms with E-state index in [1.54, 1.807) is 24.9 Å². The molecule has 1 aliphatic heterocycles. The molecule has 0 saturated carbocycles. The van der Waals surface area contributed by atoms with Crippen LogP contribution in [0.15, 0.2) is 53.4 Å². The molecule has 2 aromatic rings. The number of rotatable bonds is 3. The molecule has 1 atom stereocenters. The monoisotopic (exact) mass is 360 g/mol. The first-order valence-electron chi connectivity index (χ1n) is 7.51. The number of anilines is 1. The molecule has 124 valence electrons. The lowest BCUT2D eigenvalue weighted by Crippen LogP contribution is -2.55. The zero-order chi connectivity index (χ0) is 17.3. The van der Waals surface area contributed by atoms with Gasteiger partial charge in [0.25, 0.3) is 5.91 Å². The quantitative estimate of drug-likeness (QED) is 0.852. The lowest BCUT2D eigenvalue weighted by atomic mass is 10.1. The van der Waals surface area contributed by atoms with Gasteiger partial charge in [0, 0.05) is 23.5 Å². The van der Waals surface area contributed by atoms with Crippen molar-refractivity contribution in [1.82, 2.24) is 5.32 Å². The van der Waals surface area contributed by atoms with Crippen molar-refractivity contribution in [3.8, 4) is 0 Å². The number of hydrogen-bond acceptors (Lipinski definition) is 3. The summed E-state index contributed by atoms with van der Waals surface area (Å²) < 4.78 is -1.20. The van der Waals surface area contributed by atoms with Crippen LogP contribution >= 0.6 is 23.4 Å². The summed E-state index contributed by atoms with van der Waals surface area (Å²) in [5.41, 5.74) is 1.64. The number of nitrogens with one attached hydrogen (secondary N) is 1. The third-order valence-corrected chi connectivity index (χ3v) is 5.79. The Kier molecular flexibility index (Phi) is 4.56. The molecule has 1 heterocycles. The summed E-state index contributed by atoms with van der Waals surface area (Å²) in [6.07, 6.45) is 0. The van der Waals surface area contributed by atoms with Gasteiger partial charge in [0.05, 0.1) is 5.69 Å². The van der Waals surface area contributed by atoms with Crippen LogP contribution in [-0.2, 0) is 16.1 Å². The Morgan fingerprint density at radius 1 is 1.21 bits per heavy atom. The molecule has 1 unspecified atom stereocenters. The Morgan fingerprint density at radius 3 is 2.62 bits per heavy atom. The van der Waals surface area contributed by atoms with Crippen LogP contribution in [0.3, 0.4) is 0 Å². The van der Waals surface area contributed by atoms with E-state index in [0.717, 1.165) is 16.1 Å². The molecule has 0 aromatic heterocycles. The van der Waals surface area contributed by atoms with Gasteiger partial charge in [-0.25, -0.2) is 0 Å². The molecule has 4 nitrogen and oxygen atoms in total. The van der Waals surface area contributed by atoms with Gasteiger partial charge in [0.15, 0.2) is 4.75 Å². The number of carbonyl (C=O) groups excluding carboxylic acids is 2. The van der Waals surface area contributed by atoms with Gasteiger partial charge in [-0.2, -0.15) is 0 Å². The van der Waals surface area contributed by atoms with Crippen molar-refractivity contribution in [2.75, 3.05) is 11.9 Å². The Hall–Kier alpha value is -1.98. The summed E-state index contributed by atoms with van der Waals surface area (Å²) in [5, 5.41) is 3.43. The average molecular weight is 361 g/mol. The number of nitrogens with zero attached hydrogens (tertiary/aromatic N) is 1. The van der Waals surface area contributed by atoms with Gasteiger partial charge in [0.1, 0.15) is 0 Å². The minimum atomic E-state index is -1.20. The highest BCUT2D eigenvalue weighted by Gasteiger charge is 2.48. The van der Waals surface area contributed by atoms with Crippen LogP contribution in [0.5, 0.6) is 0 Å². The molecule has 0 spiro atoms. The lowest BCUT2D eigenvalue weighted by molar-refractivity contribution is -0.131. The van der Waals surface area contributed by atoms with Gasteiger partial charge in [0.2, 0.25) is 5.91 Å². The predicted octanol–water partition coefficient (Wildman–Crippen LogP) is 3.48. The first kappa shape index (κ1) is 16.9. The molecule has 0 aliphatic carbocycles. The molecule has 24 heavy (non-hydrogen) atoms. The van der Waals surface area contributed by atoms with Gasteiger partial charge in [-0.1, -0.05) is 53.7 Å². The van der Waals surface area contributed by atoms with Gasteiger partial charge in [-0.05, 0) is 30.7 Å². The van der Waals surface area contributed by atoms with Crippen molar-refractivity contribution in [3.63, 3.8) is 0 Å². The highest BCUT2D eigenvalue weighted by atomic mass is 35.5. The van der Waals surface area contributed by atoms with Crippen LogP contribution in [0.4, 0.5) is 5.69 Å². The van der Waals surface area contributed by atoms with Crippen molar-refractivity contribution in [3.05, 3.63) is 59.1 Å². The predicted molar refractivity (Wildman–Crippen MR) is 97.4 cm³/mol. The molecule has 2 amide bonds. The van der Waals surface area contributed by atoms with E-state index in [-0.39, 0.29) is 18.4 Å². The zero-order valence-corrected chi connectivity index (χ0v) is 14.9. The summed E-state index contributed by atoms with van der Waals surface area (Å²) in [5.74, 6) is -0.554. The second kappa shape index (κ2) is 6.49. The second-order valence-electron chi connectivity index (χ2n) is 5.74. The van der Waals surface area contributed by atoms with E-state index in [1.807, 2.05) is 42.5 Å². The molecule has 3 rings (SSSR count). The molecule has 0 saturated heterocycles. The van der Waals surface area contributed by atoms with E-state index in [1.165, 1.54) is 11.8 Å². The molecule has 0 bridgehead atoms. The van der Waals surface area contributed by atoms with Crippen LogP contribution < -0.4 is 10.2 Å². The Balaban J connectivity index is 1.81. The number of carbonyl (C=O) groups is 2. The molecule has 6 heteroatoms. The van der Waals surface area contributed by atoms with Crippen molar-refractivity contribution < 1.29 is 9.59 Å². The Bertz CT molecular complexity index is 811. The summed E-state index contributed by atoms with van der Waals surface area (Å²) in [6, 6.07) is 14.9. The SMILES string of the molecule is CN1C(=O)C(C)(C(=O)NCc2ccccc2Cl)Sc2ccccc21. The highest BCUT2D eigenvalue weighted by molar-refractivity contribution is 8.02. The molecular weight excluding hydrogens is 344 g/mol. The van der Waals surface area contributed by atoms with Crippen LogP contribution in [0, 0.1) is 0 Å². The number of fused-ring (bicyclic) bond motifs is 1. The van der Waals surface area contributed by atoms with Crippen molar-refractivity contribution >= 4 is 40.9 Å². The normalized spacial score (nSPS) is 19.8. The van der Waals surface area contributed by atoms with Gasteiger partial charge in [-0.15, -0.1) is 0 Å². The van der Waals surface area contributed by atoms with Gasteiger partial charge >= 0.3 is 0 Å². The Morgan fingerprint density at radius 2 is 1.88 bits per heavy atom. The maximum atomic E-state index is 12.7. The van der Waals surface area contributed by atoms with E-state index in [4.69, 9.17) is 11.6 Å². The van der Waals surface area contributed by atoms with Crippen LogP contribution in [-0.4, -0.2) is 23.6 Å². The zero-order valence-electron chi connectivity index (χ0n) is 13.4. The third-order valence-electron chi connectivity index (χ3n) is 4.08. The first-order chi connectivity index (χ1) is 11.4. The average Bonchev–Trinajstić information content (AvgIpc) is 2.59. The summed E-state index contributed by atoms with van der Waals surface area (Å²) in [6.45, 7) is 1.95. The molecule has 0 radical (unpaired) electrons. The van der Waals surface area contributed by atoms with Crippen LogP contribution in [0.25, 0.3) is 0 Å². The third kappa shape index (κ3) is 2.89. The molecular formula is C18H17ClN2O2S. The van der Waals surface area contributed by atoms with Crippen LogP contribution in [0.1, 0.15) is 12.5 Å². The number of thioether (sulfide) groups is 1. The second-order valence-corrected chi connectivity index (χ2v) is 7.61. The highest BCUT2D eigenvalue weighted by Crippen LogP contribution is 2.44. The van der Waals surface area contributed by atoms with Crippen molar-refractivity contribution in [1.29, 1.82) is 0 Å². The van der Waals surface area contributed by atoms with E-state index in [9.17, 15) is 9.59 Å². The number of hydrogen-bond donors (Lipinski definition) is 1. The van der Waals surface area contributed by atoms with E-state index in [0.29, 0.717) is 5.02 Å². The van der Waals surface area contributed by atoms with E-state index < -0.39 is 4.75 Å². The maximum Gasteiger partial charge on any atom is 0.252 e. The van der Waals surface area contributed by atoms with Gasteiger partial charge < -0.3 is 10.2 Å². The number of benzene rings is 2. The maximum absolute atomic E-state index is 12.7. The van der Waals surface area contributed by atoms with Crippen molar-refractivity contribution in [2.45, 2.75) is 23.1 Å². The molecule has 0 fully saturated rings. The van der Waals surface area contributed by atoms with Crippen LogP contribution in [0.2, 0.25) is 5.02 Å². The molecule has 1 N–H and O–H groups in total. The van der Waals surface area contributed by atoms with E-state index >= 15 is 0 Å². The largest absolute Gasteiger partial charge is 0.350 e. The fourth-order valence-corrected chi connectivity index (χ4v) is 4.13. The van der Waals surface area contributed by atoms with Crippen molar-refractivity contribution in [2.24, 2.45) is 0 Å². The fourth-order valence-electron chi connectivity index (χ4n) is 2.64. The summed E-state index contributed by atoms with van der Waals surface area (Å²) >= 11 is 7.40. The fraction of sp³-hybridized carbons (Fsp3) is 0.222. The smallest absolute Gasteiger partial charge is 0.252 e. The summed E-state index contributed by atoms with van der Waals surface area (Å²) in [4.78, 5) is 28.0. The molecule has 1 aliphatic rings.